The predicted molar refractivity (Wildman–Crippen MR) is 91.4 cm³/mol. The fourth-order valence-electron chi connectivity index (χ4n) is 2.08. The van der Waals surface area contributed by atoms with Gasteiger partial charge in [-0.25, -0.2) is 0 Å². The van der Waals surface area contributed by atoms with Gasteiger partial charge in [0.15, 0.2) is 0 Å². The molecule has 0 N–H and O–H groups in total. The van der Waals surface area contributed by atoms with Crippen LogP contribution in [0.5, 0.6) is 0 Å². The molecule has 0 amide bonds. The fraction of sp³-hybridized carbons (Fsp3) is 0.0588. The first-order valence-corrected chi connectivity index (χ1v) is 7.92. The number of halogens is 1. The van der Waals surface area contributed by atoms with Crippen LogP contribution in [0.25, 0.3) is 21.8 Å². The van der Waals surface area contributed by atoms with Gasteiger partial charge in [-0.05, 0) is 36.6 Å². The third-order valence-electron chi connectivity index (χ3n) is 3.18. The summed E-state index contributed by atoms with van der Waals surface area (Å²) in [5, 5.41) is 7.10. The quantitative estimate of drug-likeness (QED) is 0.623. The second kappa shape index (κ2) is 5.91. The van der Waals surface area contributed by atoms with Gasteiger partial charge in [0.1, 0.15) is 0 Å². The Morgan fingerprint density at radius 2 is 2.00 bits per heavy atom. The summed E-state index contributed by atoms with van der Waals surface area (Å²) in [6, 6.07) is 13.2. The summed E-state index contributed by atoms with van der Waals surface area (Å²) in [6.45, 7) is 5.41. The number of aromatic nitrogens is 2. The van der Waals surface area contributed by atoms with E-state index in [-0.39, 0.29) is 5.91 Å². The minimum atomic E-state index is -0.205. The smallest absolute Gasteiger partial charge is 0.267 e. The molecule has 2 heterocycles. The lowest BCUT2D eigenvalue weighted by Gasteiger charge is -2.03. The Kier molecular flexibility index (Phi) is 3.96. The molecule has 0 bridgehead atoms. The number of hydrogen-bond donors (Lipinski definition) is 0. The lowest BCUT2D eigenvalue weighted by atomic mass is 10.1. The van der Waals surface area contributed by atoms with Gasteiger partial charge in [0.05, 0.1) is 16.3 Å². The van der Waals surface area contributed by atoms with Gasteiger partial charge < -0.3 is 0 Å². The minimum Gasteiger partial charge on any atom is -0.267 e. The first kappa shape index (κ1) is 14.8. The summed E-state index contributed by atoms with van der Waals surface area (Å²) in [7, 11) is 0. The van der Waals surface area contributed by atoms with Gasteiger partial charge in [0.25, 0.3) is 5.91 Å². The first-order valence-electron chi connectivity index (χ1n) is 6.66. The van der Waals surface area contributed by atoms with Crippen LogP contribution in [-0.4, -0.2) is 15.7 Å². The van der Waals surface area contributed by atoms with Gasteiger partial charge in [-0.1, -0.05) is 36.4 Å². The fourth-order valence-corrected chi connectivity index (χ4v) is 2.93. The van der Waals surface area contributed by atoms with E-state index in [4.69, 9.17) is 11.6 Å². The topological polar surface area (TPSA) is 34.9 Å². The molecule has 3 nitrogen and oxygen atoms in total. The van der Waals surface area contributed by atoms with Crippen LogP contribution < -0.4 is 0 Å². The van der Waals surface area contributed by atoms with Gasteiger partial charge in [-0.15, -0.1) is 11.3 Å². The highest BCUT2D eigenvalue weighted by molar-refractivity contribution is 7.13. The van der Waals surface area contributed by atoms with Gasteiger partial charge in [0, 0.05) is 16.2 Å². The standard InChI is InChI=1S/C17H13ClN2OS/c1-11(2)17(21)20-15(16-4-3-9-22-16)10-14(19-20)12-5-7-13(18)8-6-12/h3-10H,1H2,2H3. The molecule has 0 saturated heterocycles. The van der Waals surface area contributed by atoms with E-state index in [0.29, 0.717) is 10.6 Å². The van der Waals surface area contributed by atoms with E-state index in [1.54, 1.807) is 30.4 Å². The number of thiophene rings is 1. The Hall–Kier alpha value is -2.17. The minimum absolute atomic E-state index is 0.205. The lowest BCUT2D eigenvalue weighted by Crippen LogP contribution is -2.13. The summed E-state index contributed by atoms with van der Waals surface area (Å²) in [6.07, 6.45) is 0. The largest absolute Gasteiger partial charge is 0.273 e. The molecule has 0 saturated carbocycles. The van der Waals surface area contributed by atoms with Crippen molar-refractivity contribution in [1.29, 1.82) is 0 Å². The SMILES string of the molecule is C=C(C)C(=O)n1nc(-c2ccc(Cl)cc2)cc1-c1cccs1. The van der Waals surface area contributed by atoms with Crippen LogP contribution >= 0.6 is 22.9 Å². The average molecular weight is 329 g/mol. The van der Waals surface area contributed by atoms with Crippen LogP contribution in [0.1, 0.15) is 11.7 Å². The highest BCUT2D eigenvalue weighted by atomic mass is 35.5. The van der Waals surface area contributed by atoms with Crippen molar-refractivity contribution in [2.24, 2.45) is 0 Å². The van der Waals surface area contributed by atoms with Crippen LogP contribution in [0.4, 0.5) is 0 Å². The van der Waals surface area contributed by atoms with Crippen LogP contribution in [0, 0.1) is 0 Å². The highest BCUT2D eigenvalue weighted by Crippen LogP contribution is 2.30. The molecule has 3 aromatic rings. The summed E-state index contributed by atoms with van der Waals surface area (Å²) in [4.78, 5) is 13.3. The van der Waals surface area contributed by atoms with Gasteiger partial charge in [-0.3, -0.25) is 4.79 Å². The monoisotopic (exact) mass is 328 g/mol. The summed E-state index contributed by atoms with van der Waals surface area (Å²) in [5.74, 6) is -0.205. The van der Waals surface area contributed by atoms with Crippen molar-refractivity contribution in [3.05, 3.63) is 65.0 Å². The molecule has 0 radical (unpaired) electrons. The van der Waals surface area contributed by atoms with Crippen LogP contribution in [0.3, 0.4) is 0 Å². The molecule has 0 aliphatic heterocycles. The molecule has 0 atom stereocenters. The number of rotatable bonds is 3. The Morgan fingerprint density at radius 3 is 2.59 bits per heavy atom. The average Bonchev–Trinajstić information content (AvgIpc) is 3.16. The van der Waals surface area contributed by atoms with Crippen molar-refractivity contribution >= 4 is 28.8 Å². The van der Waals surface area contributed by atoms with Crippen molar-refractivity contribution in [3.8, 4) is 21.8 Å². The molecule has 110 valence electrons. The Labute approximate surface area is 137 Å². The third-order valence-corrected chi connectivity index (χ3v) is 4.32. The molecule has 5 heteroatoms. The van der Waals surface area contributed by atoms with Crippen molar-refractivity contribution in [2.45, 2.75) is 6.92 Å². The zero-order valence-corrected chi connectivity index (χ0v) is 13.5. The summed E-state index contributed by atoms with van der Waals surface area (Å²) in [5.41, 5.74) is 2.86. The van der Waals surface area contributed by atoms with E-state index in [0.717, 1.165) is 21.8 Å². The zero-order chi connectivity index (χ0) is 15.7. The molecule has 22 heavy (non-hydrogen) atoms. The van der Waals surface area contributed by atoms with Crippen LogP contribution in [-0.2, 0) is 0 Å². The number of benzene rings is 1. The molecule has 2 aromatic heterocycles. The number of hydrogen-bond acceptors (Lipinski definition) is 3. The Morgan fingerprint density at radius 1 is 1.27 bits per heavy atom. The molecule has 1 aromatic carbocycles. The van der Waals surface area contributed by atoms with E-state index < -0.39 is 0 Å². The van der Waals surface area contributed by atoms with Crippen LogP contribution in [0.15, 0.2) is 60.0 Å². The lowest BCUT2D eigenvalue weighted by molar-refractivity contribution is 0.0943. The number of carbonyl (C=O) groups excluding carboxylic acids is 1. The van der Waals surface area contributed by atoms with E-state index in [1.807, 2.05) is 35.7 Å². The van der Waals surface area contributed by atoms with E-state index in [1.165, 1.54) is 4.68 Å². The van der Waals surface area contributed by atoms with E-state index in [2.05, 4.69) is 11.7 Å². The second-order valence-corrected chi connectivity index (χ2v) is 6.28. The third kappa shape index (κ3) is 2.75. The molecule has 0 fully saturated rings. The second-order valence-electron chi connectivity index (χ2n) is 4.90. The molecule has 0 aliphatic rings. The zero-order valence-electron chi connectivity index (χ0n) is 11.9. The van der Waals surface area contributed by atoms with Crippen molar-refractivity contribution in [1.82, 2.24) is 9.78 Å². The number of allylic oxidation sites excluding steroid dienone is 1. The molecule has 0 unspecified atom stereocenters. The van der Waals surface area contributed by atoms with Gasteiger partial charge in [0.2, 0.25) is 0 Å². The molecular formula is C17H13ClN2OS. The molecule has 0 spiro atoms. The van der Waals surface area contributed by atoms with Crippen molar-refractivity contribution in [3.63, 3.8) is 0 Å². The number of nitrogens with zero attached hydrogens (tertiary/aromatic N) is 2. The molecule has 0 aliphatic carbocycles. The van der Waals surface area contributed by atoms with Crippen LogP contribution in [0.2, 0.25) is 5.02 Å². The molecule has 3 rings (SSSR count). The van der Waals surface area contributed by atoms with Gasteiger partial charge >= 0.3 is 0 Å². The van der Waals surface area contributed by atoms with E-state index in [9.17, 15) is 4.79 Å². The maximum atomic E-state index is 12.3. The van der Waals surface area contributed by atoms with Crippen molar-refractivity contribution < 1.29 is 4.79 Å². The van der Waals surface area contributed by atoms with Crippen molar-refractivity contribution in [2.75, 3.05) is 0 Å². The highest BCUT2D eigenvalue weighted by Gasteiger charge is 2.17. The summed E-state index contributed by atoms with van der Waals surface area (Å²) >= 11 is 7.49. The molecular weight excluding hydrogens is 316 g/mol. The Bertz CT molecular complexity index is 832. The first-order chi connectivity index (χ1) is 10.6. The van der Waals surface area contributed by atoms with E-state index >= 15 is 0 Å². The number of carbonyl (C=O) groups is 1. The Balaban J connectivity index is 2.14. The maximum absolute atomic E-state index is 12.3. The normalized spacial score (nSPS) is 10.6. The maximum Gasteiger partial charge on any atom is 0.273 e. The summed E-state index contributed by atoms with van der Waals surface area (Å²) < 4.78 is 1.41. The van der Waals surface area contributed by atoms with Gasteiger partial charge in [-0.2, -0.15) is 9.78 Å². The predicted octanol–water partition coefficient (Wildman–Crippen LogP) is 5.15.